The van der Waals surface area contributed by atoms with E-state index in [2.05, 4.69) is 10.3 Å². The molecule has 1 aliphatic heterocycles. The number of nitrogens with zero attached hydrogens (tertiary/aromatic N) is 3. The van der Waals surface area contributed by atoms with E-state index >= 15 is 0 Å². The maximum absolute atomic E-state index is 13.3. The summed E-state index contributed by atoms with van der Waals surface area (Å²) in [6, 6.07) is 13.4. The maximum Gasteiger partial charge on any atom is 0.236 e. The number of halogens is 1. The van der Waals surface area contributed by atoms with Crippen molar-refractivity contribution in [2.75, 3.05) is 32.5 Å². The standard InChI is InChI=1S/C23H23ClN4O2/c1-27(2)22(29)14-28-12-16-7-8-17(24)9-19(16)20(13-28)23(30)26-21-11-25-10-15-5-3-4-6-18(15)21/h3-11,20H,12-14H2,1-2H3,(H,26,30). The van der Waals surface area contributed by atoms with Gasteiger partial charge in [0.25, 0.3) is 0 Å². The van der Waals surface area contributed by atoms with E-state index in [1.54, 1.807) is 31.4 Å². The molecule has 0 aliphatic carbocycles. The van der Waals surface area contributed by atoms with Crippen LogP contribution in [-0.2, 0) is 16.1 Å². The summed E-state index contributed by atoms with van der Waals surface area (Å²) in [6.07, 6.45) is 3.44. The lowest BCUT2D eigenvalue weighted by Gasteiger charge is -2.34. The highest BCUT2D eigenvalue weighted by molar-refractivity contribution is 6.30. The molecule has 0 fully saturated rings. The van der Waals surface area contributed by atoms with E-state index in [1.807, 2.05) is 47.4 Å². The monoisotopic (exact) mass is 422 g/mol. The molecular formula is C23H23ClN4O2. The molecule has 2 aromatic carbocycles. The van der Waals surface area contributed by atoms with Crippen LogP contribution in [0.1, 0.15) is 17.0 Å². The molecule has 1 N–H and O–H groups in total. The Morgan fingerprint density at radius 2 is 2.00 bits per heavy atom. The Labute approximate surface area is 180 Å². The number of carbonyl (C=O) groups is 2. The summed E-state index contributed by atoms with van der Waals surface area (Å²) in [4.78, 5) is 33.4. The van der Waals surface area contributed by atoms with Gasteiger partial charge in [-0.25, -0.2) is 0 Å². The largest absolute Gasteiger partial charge is 0.348 e. The fourth-order valence-electron chi connectivity index (χ4n) is 3.81. The van der Waals surface area contributed by atoms with Gasteiger partial charge in [0.05, 0.1) is 24.3 Å². The quantitative estimate of drug-likeness (QED) is 0.698. The van der Waals surface area contributed by atoms with E-state index in [4.69, 9.17) is 11.6 Å². The van der Waals surface area contributed by atoms with Crippen LogP contribution in [-0.4, -0.2) is 53.8 Å². The van der Waals surface area contributed by atoms with Crippen molar-refractivity contribution in [1.29, 1.82) is 0 Å². The van der Waals surface area contributed by atoms with Gasteiger partial charge in [-0.05, 0) is 23.3 Å². The Morgan fingerprint density at radius 3 is 2.80 bits per heavy atom. The van der Waals surface area contributed by atoms with Crippen molar-refractivity contribution >= 4 is 39.9 Å². The molecular weight excluding hydrogens is 400 g/mol. The van der Waals surface area contributed by atoms with Crippen LogP contribution in [0.4, 0.5) is 5.69 Å². The summed E-state index contributed by atoms with van der Waals surface area (Å²) >= 11 is 6.23. The number of amides is 2. The molecule has 2 amide bonds. The molecule has 0 bridgehead atoms. The van der Waals surface area contributed by atoms with E-state index < -0.39 is 5.92 Å². The lowest BCUT2D eigenvalue weighted by atomic mass is 9.89. The molecule has 0 radical (unpaired) electrons. The molecule has 1 unspecified atom stereocenters. The minimum atomic E-state index is -0.443. The fourth-order valence-corrected chi connectivity index (χ4v) is 3.99. The Kier molecular flexibility index (Phi) is 5.70. The van der Waals surface area contributed by atoms with Gasteiger partial charge in [-0.3, -0.25) is 19.5 Å². The van der Waals surface area contributed by atoms with Crippen molar-refractivity contribution in [2.45, 2.75) is 12.5 Å². The predicted molar refractivity (Wildman–Crippen MR) is 119 cm³/mol. The topological polar surface area (TPSA) is 65.5 Å². The second kappa shape index (κ2) is 8.42. The number of aromatic nitrogens is 1. The van der Waals surface area contributed by atoms with Crippen LogP contribution in [0.5, 0.6) is 0 Å². The van der Waals surface area contributed by atoms with Gasteiger partial charge < -0.3 is 10.2 Å². The first-order chi connectivity index (χ1) is 14.4. The molecule has 2 heterocycles. The SMILES string of the molecule is CN(C)C(=O)CN1Cc2ccc(Cl)cc2C(C(=O)Nc2cncc3ccccc23)C1. The van der Waals surface area contributed by atoms with Crippen LogP contribution in [0.25, 0.3) is 10.8 Å². The van der Waals surface area contributed by atoms with Crippen molar-refractivity contribution in [3.05, 3.63) is 71.0 Å². The number of anilines is 1. The smallest absolute Gasteiger partial charge is 0.236 e. The van der Waals surface area contributed by atoms with Crippen LogP contribution in [0.2, 0.25) is 5.02 Å². The molecule has 30 heavy (non-hydrogen) atoms. The van der Waals surface area contributed by atoms with E-state index in [-0.39, 0.29) is 18.4 Å². The molecule has 1 atom stereocenters. The van der Waals surface area contributed by atoms with E-state index in [0.717, 1.165) is 21.9 Å². The minimum absolute atomic E-state index is 0.00447. The van der Waals surface area contributed by atoms with Gasteiger partial charge in [-0.15, -0.1) is 0 Å². The molecule has 0 saturated carbocycles. The van der Waals surface area contributed by atoms with Gasteiger partial charge in [0, 0.05) is 49.2 Å². The normalized spacial score (nSPS) is 16.2. The number of carbonyl (C=O) groups excluding carboxylic acids is 2. The van der Waals surface area contributed by atoms with Crippen molar-refractivity contribution in [2.24, 2.45) is 0 Å². The van der Waals surface area contributed by atoms with Crippen molar-refractivity contribution in [3.8, 4) is 0 Å². The van der Waals surface area contributed by atoms with E-state index in [0.29, 0.717) is 23.8 Å². The number of hydrogen-bond acceptors (Lipinski definition) is 4. The highest BCUT2D eigenvalue weighted by atomic mass is 35.5. The maximum atomic E-state index is 13.3. The number of pyridine rings is 1. The Morgan fingerprint density at radius 1 is 1.20 bits per heavy atom. The van der Waals surface area contributed by atoms with Crippen LogP contribution < -0.4 is 5.32 Å². The first-order valence-electron chi connectivity index (χ1n) is 9.77. The third-order valence-electron chi connectivity index (χ3n) is 5.42. The second-order valence-corrected chi connectivity index (χ2v) is 8.19. The van der Waals surface area contributed by atoms with Gasteiger partial charge >= 0.3 is 0 Å². The highest BCUT2D eigenvalue weighted by Crippen LogP contribution is 2.32. The summed E-state index contributed by atoms with van der Waals surface area (Å²) in [6.45, 7) is 1.30. The van der Waals surface area contributed by atoms with Gasteiger partial charge in [-0.2, -0.15) is 0 Å². The number of hydrogen-bond donors (Lipinski definition) is 1. The lowest BCUT2D eigenvalue weighted by Crippen LogP contribution is -2.43. The second-order valence-electron chi connectivity index (χ2n) is 7.75. The minimum Gasteiger partial charge on any atom is -0.348 e. The van der Waals surface area contributed by atoms with Gasteiger partial charge in [0.2, 0.25) is 11.8 Å². The number of fused-ring (bicyclic) bond motifs is 2. The van der Waals surface area contributed by atoms with Gasteiger partial charge in [0.1, 0.15) is 0 Å². The van der Waals surface area contributed by atoms with Crippen LogP contribution in [0, 0.1) is 0 Å². The third-order valence-corrected chi connectivity index (χ3v) is 5.65. The zero-order chi connectivity index (χ0) is 21.3. The summed E-state index contributed by atoms with van der Waals surface area (Å²) in [5, 5.41) is 5.53. The molecule has 0 spiro atoms. The molecule has 1 aliphatic rings. The van der Waals surface area contributed by atoms with Crippen molar-refractivity contribution in [3.63, 3.8) is 0 Å². The van der Waals surface area contributed by atoms with Crippen LogP contribution in [0.3, 0.4) is 0 Å². The van der Waals surface area contributed by atoms with Crippen LogP contribution >= 0.6 is 11.6 Å². The highest BCUT2D eigenvalue weighted by Gasteiger charge is 2.32. The summed E-state index contributed by atoms with van der Waals surface area (Å²) in [5.41, 5.74) is 2.58. The molecule has 0 saturated heterocycles. The zero-order valence-corrected chi connectivity index (χ0v) is 17.7. The molecule has 3 aromatic rings. The summed E-state index contributed by atoms with van der Waals surface area (Å²) in [5.74, 6) is -0.579. The fraction of sp³-hybridized carbons (Fsp3) is 0.261. The van der Waals surface area contributed by atoms with Crippen molar-refractivity contribution in [1.82, 2.24) is 14.8 Å². The summed E-state index contributed by atoms with van der Waals surface area (Å²) < 4.78 is 0. The average Bonchev–Trinajstić information content (AvgIpc) is 2.73. The number of nitrogens with one attached hydrogen (secondary N) is 1. The van der Waals surface area contributed by atoms with E-state index in [9.17, 15) is 9.59 Å². The lowest BCUT2D eigenvalue weighted by molar-refractivity contribution is -0.130. The van der Waals surface area contributed by atoms with Crippen LogP contribution in [0.15, 0.2) is 54.9 Å². The predicted octanol–water partition coefficient (Wildman–Crippen LogP) is 3.51. The number of benzene rings is 2. The Balaban J connectivity index is 1.64. The zero-order valence-electron chi connectivity index (χ0n) is 16.9. The molecule has 7 heteroatoms. The number of rotatable bonds is 4. The van der Waals surface area contributed by atoms with E-state index in [1.165, 1.54) is 0 Å². The average molecular weight is 423 g/mol. The number of likely N-dealkylation sites (N-methyl/N-ethyl adjacent to an activating group) is 1. The molecule has 6 nitrogen and oxygen atoms in total. The summed E-state index contributed by atoms with van der Waals surface area (Å²) in [7, 11) is 3.47. The molecule has 4 rings (SSSR count). The van der Waals surface area contributed by atoms with Gasteiger partial charge in [-0.1, -0.05) is 41.9 Å². The first kappa shape index (κ1) is 20.3. The third kappa shape index (κ3) is 4.15. The first-order valence-corrected chi connectivity index (χ1v) is 10.1. The van der Waals surface area contributed by atoms with Gasteiger partial charge in [0.15, 0.2) is 0 Å². The van der Waals surface area contributed by atoms with Crippen molar-refractivity contribution < 1.29 is 9.59 Å². The Bertz CT molecular complexity index is 1110. The molecule has 1 aromatic heterocycles. The molecule has 154 valence electrons. The Hall–Kier alpha value is -2.96.